The fourth-order valence-electron chi connectivity index (χ4n) is 1.88. The number of nitrogens with zero attached hydrogens (tertiary/aromatic N) is 1. The summed E-state index contributed by atoms with van der Waals surface area (Å²) >= 11 is 1.62. The second-order valence-corrected chi connectivity index (χ2v) is 4.85. The highest BCUT2D eigenvalue weighted by Crippen LogP contribution is 2.38. The Morgan fingerprint density at radius 1 is 1.06 bits per heavy atom. The van der Waals surface area contributed by atoms with Crippen LogP contribution in [0.3, 0.4) is 0 Å². The lowest BCUT2D eigenvalue weighted by Gasteiger charge is -2.14. The number of nitrogens with one attached hydrogen (secondary N) is 1. The third-order valence-electron chi connectivity index (χ3n) is 2.77. The predicted octanol–water partition coefficient (Wildman–Crippen LogP) is 3.93. The van der Waals surface area contributed by atoms with Crippen LogP contribution >= 0.6 is 11.9 Å². The number of aliphatic imine (C=N–C) groups is 1. The molecule has 17 heavy (non-hydrogen) atoms. The van der Waals surface area contributed by atoms with Crippen molar-refractivity contribution in [2.45, 2.75) is 11.8 Å². The number of rotatable bonds is 1. The molecule has 0 radical (unpaired) electrons. The maximum Gasteiger partial charge on any atom is 0.0988 e. The van der Waals surface area contributed by atoms with Gasteiger partial charge in [-0.2, -0.15) is 0 Å². The Morgan fingerprint density at radius 3 is 2.71 bits per heavy atom. The highest BCUT2D eigenvalue weighted by molar-refractivity contribution is 7.98. The van der Waals surface area contributed by atoms with Gasteiger partial charge < -0.3 is 4.72 Å². The second-order valence-electron chi connectivity index (χ2n) is 4.00. The molecule has 1 aliphatic rings. The zero-order valence-electron chi connectivity index (χ0n) is 9.47. The van der Waals surface area contributed by atoms with Crippen molar-refractivity contribution < 1.29 is 0 Å². The molecule has 1 N–H and O–H groups in total. The van der Waals surface area contributed by atoms with Crippen LogP contribution in [0.4, 0.5) is 5.69 Å². The summed E-state index contributed by atoms with van der Waals surface area (Å²) in [4.78, 5) is 5.53. The lowest BCUT2D eigenvalue weighted by atomic mass is 10.0. The molecule has 0 atom stereocenters. The van der Waals surface area contributed by atoms with Crippen LogP contribution in [0.2, 0.25) is 0 Å². The molecule has 1 aliphatic heterocycles. The van der Waals surface area contributed by atoms with Gasteiger partial charge in [0.1, 0.15) is 0 Å². The van der Waals surface area contributed by atoms with E-state index in [1.165, 1.54) is 21.6 Å². The van der Waals surface area contributed by atoms with Gasteiger partial charge in [0.05, 0.1) is 16.9 Å². The van der Waals surface area contributed by atoms with Gasteiger partial charge >= 0.3 is 0 Å². The number of hydrogen-bond donors (Lipinski definition) is 1. The first-order valence-electron chi connectivity index (χ1n) is 5.49. The molecular weight excluding hydrogens is 228 g/mol. The first-order chi connectivity index (χ1) is 8.34. The highest BCUT2D eigenvalue weighted by atomic mass is 32.2. The Labute approximate surface area is 105 Å². The van der Waals surface area contributed by atoms with Gasteiger partial charge in [0, 0.05) is 0 Å². The van der Waals surface area contributed by atoms with Crippen LogP contribution in [0, 0.1) is 6.92 Å². The van der Waals surface area contributed by atoms with Crippen molar-refractivity contribution in [3.63, 3.8) is 0 Å². The Hall–Kier alpha value is -1.74. The van der Waals surface area contributed by atoms with E-state index < -0.39 is 0 Å². The summed E-state index contributed by atoms with van der Waals surface area (Å²) in [5.41, 5.74) is 4.78. The molecule has 0 aliphatic carbocycles. The zero-order chi connectivity index (χ0) is 11.7. The van der Waals surface area contributed by atoms with E-state index in [-0.39, 0.29) is 0 Å². The maximum atomic E-state index is 4.34. The molecule has 2 nitrogen and oxygen atoms in total. The van der Waals surface area contributed by atoms with E-state index in [4.69, 9.17) is 0 Å². The summed E-state index contributed by atoms with van der Waals surface area (Å²) in [5.74, 6) is 0. The number of hydrogen-bond acceptors (Lipinski definition) is 3. The Bertz CT molecular complexity index is 573. The fourth-order valence-corrected chi connectivity index (χ4v) is 2.62. The lowest BCUT2D eigenvalue weighted by molar-refractivity contribution is 1.31. The van der Waals surface area contributed by atoms with Gasteiger partial charge in [-0.3, -0.25) is 0 Å². The summed E-state index contributed by atoms with van der Waals surface area (Å²) in [7, 11) is 0. The molecule has 0 spiro atoms. The van der Waals surface area contributed by atoms with Gasteiger partial charge in [-0.15, -0.1) is 0 Å². The van der Waals surface area contributed by atoms with Crippen molar-refractivity contribution in [3.8, 4) is 11.1 Å². The van der Waals surface area contributed by atoms with Gasteiger partial charge in [-0.25, -0.2) is 4.99 Å². The zero-order valence-corrected chi connectivity index (χ0v) is 10.3. The fraction of sp³-hybridized carbons (Fsp3) is 0.0714. The van der Waals surface area contributed by atoms with Crippen LogP contribution < -0.4 is 4.72 Å². The van der Waals surface area contributed by atoms with Gasteiger partial charge in [-0.1, -0.05) is 42.0 Å². The van der Waals surface area contributed by atoms with Crippen LogP contribution in [0.5, 0.6) is 0 Å². The van der Waals surface area contributed by atoms with Crippen molar-refractivity contribution in [3.05, 3.63) is 48.0 Å². The number of fused-ring (bicyclic) bond motifs is 1. The molecule has 0 aromatic heterocycles. The van der Waals surface area contributed by atoms with Crippen molar-refractivity contribution in [1.29, 1.82) is 0 Å². The van der Waals surface area contributed by atoms with E-state index >= 15 is 0 Å². The number of aryl methyl sites for hydroxylation is 1. The maximum absolute atomic E-state index is 4.34. The average Bonchev–Trinajstić information content (AvgIpc) is 2.39. The van der Waals surface area contributed by atoms with Crippen LogP contribution in [0.25, 0.3) is 11.1 Å². The predicted molar refractivity (Wildman–Crippen MR) is 73.8 cm³/mol. The van der Waals surface area contributed by atoms with Gasteiger partial charge in [0.15, 0.2) is 0 Å². The van der Waals surface area contributed by atoms with E-state index in [0.29, 0.717) is 0 Å². The molecule has 2 aromatic rings. The molecule has 1 heterocycles. The van der Waals surface area contributed by atoms with E-state index in [2.05, 4.69) is 53.0 Å². The van der Waals surface area contributed by atoms with Gasteiger partial charge in [0.2, 0.25) is 0 Å². The molecule has 84 valence electrons. The first kappa shape index (κ1) is 10.4. The molecule has 0 unspecified atom stereocenters. The summed E-state index contributed by atoms with van der Waals surface area (Å²) < 4.78 is 3.09. The number of benzene rings is 2. The average molecular weight is 240 g/mol. The second kappa shape index (κ2) is 4.26. The van der Waals surface area contributed by atoms with Crippen LogP contribution in [0.1, 0.15) is 5.56 Å². The smallest absolute Gasteiger partial charge is 0.0988 e. The molecule has 3 rings (SSSR count). The molecule has 0 saturated heterocycles. The Morgan fingerprint density at radius 2 is 1.88 bits per heavy atom. The molecule has 0 amide bonds. The first-order valence-corrected chi connectivity index (χ1v) is 6.31. The van der Waals surface area contributed by atoms with Crippen LogP contribution in [-0.4, -0.2) is 6.34 Å². The minimum Gasteiger partial charge on any atom is -0.316 e. The third-order valence-corrected chi connectivity index (χ3v) is 3.63. The van der Waals surface area contributed by atoms with Gasteiger partial charge in [-0.05, 0) is 36.1 Å². The molecule has 3 heteroatoms. The van der Waals surface area contributed by atoms with E-state index in [1.807, 2.05) is 6.07 Å². The SMILES string of the molecule is Cc1ccc(-c2cccc3c2SNC=N3)cc1. The standard InChI is InChI=1S/C14H12N2S/c1-10-5-7-11(8-6-10)12-3-2-4-13-14(12)17-16-9-15-13/h2-9H,1H3,(H,15,16). The van der Waals surface area contributed by atoms with E-state index in [0.717, 1.165) is 5.69 Å². The Balaban J connectivity index is 2.15. The summed E-state index contributed by atoms with van der Waals surface area (Å²) in [6.07, 6.45) is 1.73. The summed E-state index contributed by atoms with van der Waals surface area (Å²) in [6, 6.07) is 14.8. The van der Waals surface area contributed by atoms with Crippen molar-refractivity contribution in [2.75, 3.05) is 0 Å². The topological polar surface area (TPSA) is 24.4 Å². The molecule has 0 saturated carbocycles. The lowest BCUT2D eigenvalue weighted by Crippen LogP contribution is -2.03. The van der Waals surface area contributed by atoms with Crippen LogP contribution in [-0.2, 0) is 0 Å². The van der Waals surface area contributed by atoms with Crippen molar-refractivity contribution in [1.82, 2.24) is 4.72 Å². The van der Waals surface area contributed by atoms with E-state index in [9.17, 15) is 0 Å². The third kappa shape index (κ3) is 1.94. The molecule has 2 aromatic carbocycles. The van der Waals surface area contributed by atoms with Crippen LogP contribution in [0.15, 0.2) is 52.4 Å². The van der Waals surface area contributed by atoms with Crippen molar-refractivity contribution >= 4 is 24.0 Å². The summed E-state index contributed by atoms with van der Waals surface area (Å²) in [6.45, 7) is 2.10. The highest BCUT2D eigenvalue weighted by Gasteiger charge is 2.12. The minimum atomic E-state index is 1.03. The van der Waals surface area contributed by atoms with Gasteiger partial charge in [0.25, 0.3) is 0 Å². The van der Waals surface area contributed by atoms with Crippen molar-refractivity contribution in [2.24, 2.45) is 4.99 Å². The summed E-state index contributed by atoms with van der Waals surface area (Å²) in [5, 5.41) is 0. The minimum absolute atomic E-state index is 1.03. The molecule has 0 fully saturated rings. The quantitative estimate of drug-likeness (QED) is 0.764. The monoisotopic (exact) mass is 240 g/mol. The van der Waals surface area contributed by atoms with E-state index in [1.54, 1.807) is 18.3 Å². The normalized spacial score (nSPS) is 13.0. The molecule has 0 bridgehead atoms. The largest absolute Gasteiger partial charge is 0.316 e. The Kier molecular flexibility index (Phi) is 2.61. The molecular formula is C14H12N2S.